The van der Waals surface area contributed by atoms with Crippen molar-refractivity contribution in [3.05, 3.63) is 30.0 Å². The zero-order valence-electron chi connectivity index (χ0n) is 11.1. The number of hydrogen-bond donors (Lipinski definition) is 0. The van der Waals surface area contributed by atoms with E-state index in [4.69, 9.17) is 0 Å². The first-order valence-corrected chi connectivity index (χ1v) is 8.00. The summed E-state index contributed by atoms with van der Waals surface area (Å²) in [5, 5.41) is 5.74. The van der Waals surface area contributed by atoms with Crippen molar-refractivity contribution in [1.29, 1.82) is 0 Å². The molecule has 1 unspecified atom stereocenters. The summed E-state index contributed by atoms with van der Waals surface area (Å²) in [5.41, 5.74) is 2.08. The molecule has 1 saturated heterocycles. The first kappa shape index (κ1) is 12.7. The molecule has 0 saturated carbocycles. The smallest absolute Gasteiger partial charge is 0.142 e. The Morgan fingerprint density at radius 3 is 3.05 bits per heavy atom. The number of aromatic nitrogens is 2. The van der Waals surface area contributed by atoms with E-state index in [-0.39, 0.29) is 5.92 Å². The molecule has 0 aliphatic carbocycles. The van der Waals surface area contributed by atoms with E-state index >= 15 is 0 Å². The van der Waals surface area contributed by atoms with E-state index < -0.39 is 0 Å². The number of carbonyl (C=O) groups is 1. The average molecular weight is 274 g/mol. The Labute approximate surface area is 117 Å². The van der Waals surface area contributed by atoms with Crippen LogP contribution >= 0.6 is 11.8 Å². The van der Waals surface area contributed by atoms with E-state index in [2.05, 4.69) is 24.2 Å². The fourth-order valence-electron chi connectivity index (χ4n) is 2.67. The van der Waals surface area contributed by atoms with Gasteiger partial charge in [0, 0.05) is 23.6 Å². The first-order chi connectivity index (χ1) is 9.29. The molecule has 19 heavy (non-hydrogen) atoms. The molecule has 1 aromatic carbocycles. The molecule has 2 aromatic rings. The molecule has 1 aliphatic heterocycles. The lowest BCUT2D eigenvalue weighted by atomic mass is 9.99. The van der Waals surface area contributed by atoms with Crippen LogP contribution in [0.25, 0.3) is 10.9 Å². The van der Waals surface area contributed by atoms with Crippen LogP contribution in [0.3, 0.4) is 0 Å². The van der Waals surface area contributed by atoms with Gasteiger partial charge in [-0.25, -0.2) is 0 Å². The zero-order valence-corrected chi connectivity index (χ0v) is 11.9. The van der Waals surface area contributed by atoms with Gasteiger partial charge in [-0.1, -0.05) is 18.2 Å². The quantitative estimate of drug-likeness (QED) is 0.860. The number of benzene rings is 1. The predicted octanol–water partition coefficient (Wildman–Crippen LogP) is 2.92. The third-order valence-corrected chi connectivity index (χ3v) is 4.92. The Morgan fingerprint density at radius 1 is 1.47 bits per heavy atom. The second-order valence-electron chi connectivity index (χ2n) is 4.98. The van der Waals surface area contributed by atoms with Crippen LogP contribution in [0.15, 0.2) is 24.3 Å². The maximum Gasteiger partial charge on any atom is 0.142 e. The normalized spacial score (nSPS) is 19.1. The highest BCUT2D eigenvalue weighted by atomic mass is 32.2. The summed E-state index contributed by atoms with van der Waals surface area (Å²) in [6, 6.07) is 8.19. The molecule has 3 rings (SSSR count). The number of thioether (sulfide) groups is 1. The Bertz CT molecular complexity index is 599. The maximum atomic E-state index is 12.3. The van der Waals surface area contributed by atoms with E-state index in [1.807, 2.05) is 28.6 Å². The van der Waals surface area contributed by atoms with Crippen molar-refractivity contribution in [2.75, 3.05) is 11.5 Å². The van der Waals surface area contributed by atoms with Crippen LogP contribution in [-0.2, 0) is 17.8 Å². The summed E-state index contributed by atoms with van der Waals surface area (Å²) >= 11 is 1.89. The van der Waals surface area contributed by atoms with Crippen molar-refractivity contribution in [2.45, 2.75) is 26.3 Å². The van der Waals surface area contributed by atoms with Crippen LogP contribution < -0.4 is 0 Å². The SMILES string of the molecule is CCn1nc(CC(=O)C2CCSC2)c2ccccc21. The van der Waals surface area contributed by atoms with E-state index in [0.717, 1.165) is 41.1 Å². The van der Waals surface area contributed by atoms with Gasteiger partial charge in [-0.3, -0.25) is 9.48 Å². The number of hydrogen-bond acceptors (Lipinski definition) is 3. The molecule has 3 nitrogen and oxygen atoms in total. The summed E-state index contributed by atoms with van der Waals surface area (Å²) < 4.78 is 1.99. The van der Waals surface area contributed by atoms with Crippen LogP contribution in [0, 0.1) is 5.92 Å². The van der Waals surface area contributed by atoms with Crippen molar-refractivity contribution >= 4 is 28.4 Å². The highest BCUT2D eigenvalue weighted by molar-refractivity contribution is 7.99. The highest BCUT2D eigenvalue weighted by Gasteiger charge is 2.24. The molecular formula is C15H18N2OS. The molecule has 0 amide bonds. The molecule has 0 radical (unpaired) electrons. The topological polar surface area (TPSA) is 34.9 Å². The lowest BCUT2D eigenvalue weighted by Crippen LogP contribution is -2.16. The van der Waals surface area contributed by atoms with Gasteiger partial charge in [0.1, 0.15) is 5.78 Å². The number of nitrogens with zero attached hydrogens (tertiary/aromatic N) is 2. The van der Waals surface area contributed by atoms with Gasteiger partial charge in [0.2, 0.25) is 0 Å². The lowest BCUT2D eigenvalue weighted by molar-refractivity contribution is -0.121. The average Bonchev–Trinajstić information content (AvgIpc) is 3.07. The molecule has 1 aliphatic rings. The standard InChI is InChI=1S/C15H18N2OS/c1-2-17-14-6-4-3-5-12(14)13(16-17)9-15(18)11-7-8-19-10-11/h3-6,11H,2,7-10H2,1H3. The third kappa shape index (κ3) is 2.41. The molecule has 4 heteroatoms. The molecule has 0 bridgehead atoms. The van der Waals surface area contributed by atoms with Crippen LogP contribution in [0.1, 0.15) is 19.0 Å². The van der Waals surface area contributed by atoms with E-state index in [1.165, 1.54) is 0 Å². The van der Waals surface area contributed by atoms with Gasteiger partial charge in [0.25, 0.3) is 0 Å². The van der Waals surface area contributed by atoms with Gasteiger partial charge in [-0.05, 0) is 25.2 Å². The Morgan fingerprint density at radius 2 is 2.32 bits per heavy atom. The summed E-state index contributed by atoms with van der Waals surface area (Å²) in [6.45, 7) is 2.92. The van der Waals surface area contributed by atoms with Gasteiger partial charge < -0.3 is 0 Å². The largest absolute Gasteiger partial charge is 0.299 e. The molecular weight excluding hydrogens is 256 g/mol. The maximum absolute atomic E-state index is 12.3. The number of fused-ring (bicyclic) bond motifs is 1. The van der Waals surface area contributed by atoms with Crippen molar-refractivity contribution in [2.24, 2.45) is 5.92 Å². The number of aryl methyl sites for hydroxylation is 1. The molecule has 0 spiro atoms. The van der Waals surface area contributed by atoms with Crippen molar-refractivity contribution in [1.82, 2.24) is 9.78 Å². The Hall–Kier alpha value is -1.29. The third-order valence-electron chi connectivity index (χ3n) is 3.76. The molecule has 0 N–H and O–H groups in total. The summed E-state index contributed by atoms with van der Waals surface area (Å²) in [7, 11) is 0. The molecule has 2 heterocycles. The molecule has 1 fully saturated rings. The van der Waals surface area contributed by atoms with Crippen molar-refractivity contribution in [3.8, 4) is 0 Å². The molecule has 100 valence electrons. The Balaban J connectivity index is 1.90. The van der Waals surface area contributed by atoms with E-state index in [0.29, 0.717) is 12.2 Å². The van der Waals surface area contributed by atoms with Crippen molar-refractivity contribution in [3.63, 3.8) is 0 Å². The second-order valence-corrected chi connectivity index (χ2v) is 6.13. The molecule has 1 atom stereocenters. The monoisotopic (exact) mass is 274 g/mol. The minimum atomic E-state index is 0.246. The summed E-state index contributed by atoms with van der Waals surface area (Å²) in [5.74, 6) is 2.72. The van der Waals surface area contributed by atoms with E-state index in [9.17, 15) is 4.79 Å². The number of carbonyl (C=O) groups excluding carboxylic acids is 1. The minimum Gasteiger partial charge on any atom is -0.299 e. The van der Waals surface area contributed by atoms with Gasteiger partial charge in [0.05, 0.1) is 17.6 Å². The Kier molecular flexibility index (Phi) is 3.60. The van der Waals surface area contributed by atoms with Crippen molar-refractivity contribution < 1.29 is 4.79 Å². The number of ketones is 1. The van der Waals surface area contributed by atoms with Gasteiger partial charge >= 0.3 is 0 Å². The molecule has 1 aromatic heterocycles. The zero-order chi connectivity index (χ0) is 13.2. The number of para-hydroxylation sites is 1. The summed E-state index contributed by atoms with van der Waals surface area (Å²) in [6.07, 6.45) is 1.52. The van der Waals surface area contributed by atoms with Gasteiger partial charge in [-0.2, -0.15) is 16.9 Å². The van der Waals surface area contributed by atoms with Crippen LogP contribution in [-0.4, -0.2) is 27.1 Å². The summed E-state index contributed by atoms with van der Waals surface area (Å²) in [4.78, 5) is 12.3. The second kappa shape index (κ2) is 5.37. The fourth-order valence-corrected chi connectivity index (χ4v) is 3.92. The van der Waals surface area contributed by atoms with E-state index in [1.54, 1.807) is 0 Å². The number of Topliss-reactive ketones (excluding diaryl/α,β-unsaturated/α-hetero) is 1. The highest BCUT2D eigenvalue weighted by Crippen LogP contribution is 2.26. The minimum absolute atomic E-state index is 0.246. The van der Waals surface area contributed by atoms with Crippen LogP contribution in [0.4, 0.5) is 0 Å². The fraction of sp³-hybridized carbons (Fsp3) is 0.467. The van der Waals surface area contributed by atoms with Crippen LogP contribution in [0.5, 0.6) is 0 Å². The van der Waals surface area contributed by atoms with Crippen LogP contribution in [0.2, 0.25) is 0 Å². The van der Waals surface area contributed by atoms with Gasteiger partial charge in [0.15, 0.2) is 0 Å². The van der Waals surface area contributed by atoms with Gasteiger partial charge in [-0.15, -0.1) is 0 Å². The lowest BCUT2D eigenvalue weighted by Gasteiger charge is -2.05. The predicted molar refractivity (Wildman–Crippen MR) is 79.6 cm³/mol. The first-order valence-electron chi connectivity index (χ1n) is 6.84. The number of rotatable bonds is 4.